The first-order valence-electron chi connectivity index (χ1n) is 6.19. The lowest BCUT2D eigenvalue weighted by atomic mass is 10.1. The number of likely N-dealkylation sites (N-methyl/N-ethyl adjacent to an activating group) is 2. The Morgan fingerprint density at radius 3 is 2.17 bits per heavy atom. The highest BCUT2D eigenvalue weighted by Gasteiger charge is 2.17. The number of hydrogen-bond donors (Lipinski definition) is 0. The van der Waals surface area contributed by atoms with Crippen LogP contribution in [0.1, 0.15) is 32.3 Å². The number of hydrogen-bond acceptors (Lipinski definition) is 5. The molecule has 0 fully saturated rings. The fourth-order valence-corrected chi connectivity index (χ4v) is 1.50. The molecule has 0 amide bonds. The third-order valence-corrected chi connectivity index (χ3v) is 3.21. The van der Waals surface area contributed by atoms with Gasteiger partial charge in [-0.2, -0.15) is 0 Å². The molecule has 0 aliphatic heterocycles. The van der Waals surface area contributed by atoms with Gasteiger partial charge < -0.3 is 13.7 Å². The van der Waals surface area contributed by atoms with Crippen molar-refractivity contribution in [1.29, 1.82) is 0 Å². The van der Waals surface area contributed by atoms with Gasteiger partial charge in [-0.25, -0.2) is 4.79 Å². The third kappa shape index (κ3) is 4.31. The Morgan fingerprint density at radius 2 is 1.72 bits per heavy atom. The van der Waals surface area contributed by atoms with Crippen LogP contribution in [-0.4, -0.2) is 42.5 Å². The highest BCUT2D eigenvalue weighted by atomic mass is 16.6. The molecule has 0 radical (unpaired) electrons. The van der Waals surface area contributed by atoms with Crippen molar-refractivity contribution < 1.29 is 8.83 Å². The van der Waals surface area contributed by atoms with E-state index in [1.165, 1.54) is 0 Å². The van der Waals surface area contributed by atoms with Gasteiger partial charge in [0.05, 0.1) is 6.54 Å². The lowest BCUT2D eigenvalue weighted by Crippen LogP contribution is -2.42. The topological polar surface area (TPSA) is 49.8 Å². The number of aryl methyl sites for hydroxylation is 1. The quantitative estimate of drug-likeness (QED) is 0.802. The molecular weight excluding hydrogens is 232 g/mol. The van der Waals surface area contributed by atoms with Crippen molar-refractivity contribution >= 4 is 0 Å². The van der Waals surface area contributed by atoms with Crippen LogP contribution in [0.2, 0.25) is 0 Å². The molecule has 1 aromatic heterocycles. The largest absolute Gasteiger partial charge is 0.519 e. The van der Waals surface area contributed by atoms with Gasteiger partial charge in [-0.3, -0.25) is 4.90 Å². The minimum Gasteiger partial charge on any atom is -0.396 e. The number of nitrogens with zero attached hydrogens (tertiary/aromatic N) is 2. The second-order valence-electron chi connectivity index (χ2n) is 5.76. The van der Waals surface area contributed by atoms with Crippen molar-refractivity contribution in [2.75, 3.05) is 27.2 Å². The van der Waals surface area contributed by atoms with Crippen LogP contribution >= 0.6 is 0 Å². The molecule has 1 aromatic rings. The van der Waals surface area contributed by atoms with Gasteiger partial charge in [-0.05, 0) is 41.8 Å². The maximum absolute atomic E-state index is 10.9. The molecule has 0 unspecified atom stereocenters. The molecule has 0 bridgehead atoms. The minimum atomic E-state index is -0.622. The van der Waals surface area contributed by atoms with Crippen molar-refractivity contribution in [3.63, 3.8) is 0 Å². The summed E-state index contributed by atoms with van der Waals surface area (Å²) in [6, 6.07) is 0. The first-order chi connectivity index (χ1) is 8.20. The predicted octanol–water partition coefficient (Wildman–Crippen LogP) is 1.70. The van der Waals surface area contributed by atoms with E-state index in [-0.39, 0.29) is 5.54 Å². The second kappa shape index (κ2) is 5.71. The highest BCUT2D eigenvalue weighted by molar-refractivity contribution is 4.99. The van der Waals surface area contributed by atoms with Crippen LogP contribution in [0, 0.1) is 6.92 Å². The van der Waals surface area contributed by atoms with Crippen LogP contribution in [-0.2, 0) is 6.54 Å². The molecule has 0 N–H and O–H groups in total. The van der Waals surface area contributed by atoms with E-state index in [9.17, 15) is 4.79 Å². The van der Waals surface area contributed by atoms with E-state index in [1.807, 2.05) is 7.05 Å². The summed E-state index contributed by atoms with van der Waals surface area (Å²) in [5.74, 6) is 0.555. The maximum Gasteiger partial charge on any atom is 0.519 e. The van der Waals surface area contributed by atoms with Gasteiger partial charge in [0, 0.05) is 18.6 Å². The van der Waals surface area contributed by atoms with E-state index in [2.05, 4.69) is 37.6 Å². The Balaban J connectivity index is 2.45. The monoisotopic (exact) mass is 256 g/mol. The molecule has 0 saturated heterocycles. The smallest absolute Gasteiger partial charge is 0.396 e. The molecule has 18 heavy (non-hydrogen) atoms. The molecule has 0 atom stereocenters. The Morgan fingerprint density at radius 1 is 1.11 bits per heavy atom. The van der Waals surface area contributed by atoms with Crippen LogP contribution in [0.5, 0.6) is 0 Å². The highest BCUT2D eigenvalue weighted by Crippen LogP contribution is 2.11. The maximum atomic E-state index is 10.9. The zero-order valence-corrected chi connectivity index (χ0v) is 12.2. The minimum absolute atomic E-state index is 0.166. The molecule has 0 aromatic carbocycles. The zero-order valence-electron chi connectivity index (χ0n) is 12.2. The Hall–Kier alpha value is -1.07. The average molecular weight is 256 g/mol. The van der Waals surface area contributed by atoms with Gasteiger partial charge in [0.15, 0.2) is 5.76 Å². The van der Waals surface area contributed by atoms with Crippen molar-refractivity contribution in [2.24, 2.45) is 0 Å². The lowest BCUT2D eigenvalue weighted by molar-refractivity contribution is 0.150. The predicted molar refractivity (Wildman–Crippen MR) is 70.7 cm³/mol. The van der Waals surface area contributed by atoms with E-state index < -0.39 is 5.82 Å². The molecule has 0 saturated carbocycles. The SMILES string of the molecule is Cc1oc(=O)oc1CN(C)CCN(C)C(C)(C)C. The Labute approximate surface area is 108 Å². The van der Waals surface area contributed by atoms with Crippen molar-refractivity contribution in [2.45, 2.75) is 39.8 Å². The van der Waals surface area contributed by atoms with Crippen molar-refractivity contribution in [1.82, 2.24) is 9.80 Å². The van der Waals surface area contributed by atoms with E-state index >= 15 is 0 Å². The van der Waals surface area contributed by atoms with Gasteiger partial charge >= 0.3 is 5.82 Å². The summed E-state index contributed by atoms with van der Waals surface area (Å²) < 4.78 is 9.82. The Bertz CT molecular complexity index is 428. The first-order valence-corrected chi connectivity index (χ1v) is 6.19. The standard InChI is InChI=1S/C13H24N2O3/c1-10-11(18-12(16)17-10)9-14(5)7-8-15(6)13(2,3)4/h7-9H2,1-6H3. The van der Waals surface area contributed by atoms with Gasteiger partial charge in [-0.1, -0.05) is 0 Å². The van der Waals surface area contributed by atoms with Crippen molar-refractivity contribution in [3.05, 3.63) is 22.1 Å². The number of rotatable bonds is 5. The summed E-state index contributed by atoms with van der Waals surface area (Å²) in [5.41, 5.74) is 0.166. The lowest BCUT2D eigenvalue weighted by Gasteiger charge is -2.33. The molecule has 1 heterocycles. The summed E-state index contributed by atoms with van der Waals surface area (Å²) in [6.45, 7) is 10.8. The molecule has 104 valence electrons. The molecule has 5 nitrogen and oxygen atoms in total. The Kier molecular flexibility index (Phi) is 4.76. The average Bonchev–Trinajstić information content (AvgIpc) is 2.52. The fourth-order valence-electron chi connectivity index (χ4n) is 1.50. The molecule has 0 aliphatic carbocycles. The van der Waals surface area contributed by atoms with Crippen LogP contribution < -0.4 is 5.82 Å². The van der Waals surface area contributed by atoms with E-state index in [4.69, 9.17) is 8.83 Å². The molecule has 5 heteroatoms. The normalized spacial score (nSPS) is 12.7. The van der Waals surface area contributed by atoms with Crippen LogP contribution in [0.4, 0.5) is 0 Å². The first kappa shape index (κ1) is 15.0. The fraction of sp³-hybridized carbons (Fsp3) is 0.769. The van der Waals surface area contributed by atoms with Gasteiger partial charge in [0.1, 0.15) is 5.76 Å². The van der Waals surface area contributed by atoms with E-state index in [0.717, 1.165) is 13.1 Å². The van der Waals surface area contributed by atoms with Crippen LogP contribution in [0.15, 0.2) is 13.6 Å². The van der Waals surface area contributed by atoms with Gasteiger partial charge in [0.25, 0.3) is 0 Å². The molecule has 1 rings (SSSR count). The van der Waals surface area contributed by atoms with E-state index in [0.29, 0.717) is 18.1 Å². The molecular formula is C13H24N2O3. The van der Waals surface area contributed by atoms with Crippen LogP contribution in [0.3, 0.4) is 0 Å². The summed E-state index contributed by atoms with van der Waals surface area (Å²) >= 11 is 0. The molecule has 0 spiro atoms. The van der Waals surface area contributed by atoms with Gasteiger partial charge in [-0.15, -0.1) is 0 Å². The van der Waals surface area contributed by atoms with E-state index in [1.54, 1.807) is 6.92 Å². The summed E-state index contributed by atoms with van der Waals surface area (Å²) in [4.78, 5) is 15.3. The van der Waals surface area contributed by atoms with Gasteiger partial charge in [0.2, 0.25) is 0 Å². The van der Waals surface area contributed by atoms with Crippen molar-refractivity contribution in [3.8, 4) is 0 Å². The molecule has 0 aliphatic rings. The second-order valence-corrected chi connectivity index (χ2v) is 5.76. The summed E-state index contributed by atoms with van der Waals surface area (Å²) in [7, 11) is 4.11. The van der Waals surface area contributed by atoms with Crippen LogP contribution in [0.25, 0.3) is 0 Å². The zero-order chi connectivity index (χ0) is 13.9. The summed E-state index contributed by atoms with van der Waals surface area (Å²) in [5, 5.41) is 0. The summed E-state index contributed by atoms with van der Waals surface area (Å²) in [6.07, 6.45) is 0. The third-order valence-electron chi connectivity index (χ3n) is 3.21.